The van der Waals surface area contributed by atoms with Crippen LogP contribution in [0.1, 0.15) is 12.0 Å². The van der Waals surface area contributed by atoms with Gasteiger partial charge in [-0.3, -0.25) is 0 Å². The van der Waals surface area contributed by atoms with Crippen LogP contribution in [0, 0.1) is 6.08 Å². The molecular formula is C14H13O3-. The van der Waals surface area contributed by atoms with E-state index in [1.807, 2.05) is 30.3 Å². The standard InChI is InChI=1S/C14H13O3/c15-13-9-5-4-8-12(13)14(16)17-10-11-6-2-1-3-7-11/h1-7,13,15H,9-10H2/q-1. The molecule has 0 saturated heterocycles. The number of aliphatic hydroxyl groups excluding tert-OH is 1. The van der Waals surface area contributed by atoms with Crippen LogP contribution in [0.2, 0.25) is 0 Å². The highest BCUT2D eigenvalue weighted by molar-refractivity contribution is 5.89. The van der Waals surface area contributed by atoms with Gasteiger partial charge in [-0.05, 0) is 5.56 Å². The van der Waals surface area contributed by atoms with Gasteiger partial charge in [-0.1, -0.05) is 42.3 Å². The van der Waals surface area contributed by atoms with Crippen molar-refractivity contribution in [1.82, 2.24) is 0 Å². The summed E-state index contributed by atoms with van der Waals surface area (Å²) < 4.78 is 5.11. The van der Waals surface area contributed by atoms with Crippen molar-refractivity contribution in [2.45, 2.75) is 19.1 Å². The number of benzene rings is 1. The normalized spacial score (nSPS) is 18.6. The van der Waals surface area contributed by atoms with Crippen LogP contribution in [0.5, 0.6) is 0 Å². The Bertz CT molecular complexity index is 446. The molecule has 1 aliphatic carbocycles. The number of hydrogen-bond acceptors (Lipinski definition) is 3. The Hall–Kier alpha value is -1.87. The lowest BCUT2D eigenvalue weighted by molar-refractivity contribution is -0.141. The first-order valence-electron chi connectivity index (χ1n) is 5.45. The fourth-order valence-electron chi connectivity index (χ4n) is 1.56. The smallest absolute Gasteiger partial charge is 0.230 e. The van der Waals surface area contributed by atoms with Gasteiger partial charge in [0.2, 0.25) is 5.97 Å². The molecule has 2 rings (SSSR count). The minimum absolute atomic E-state index is 0.198. The van der Waals surface area contributed by atoms with E-state index in [2.05, 4.69) is 6.08 Å². The average Bonchev–Trinajstić information content (AvgIpc) is 2.38. The van der Waals surface area contributed by atoms with Crippen LogP contribution in [0.15, 0.2) is 48.1 Å². The Morgan fingerprint density at radius 1 is 1.41 bits per heavy atom. The first-order valence-corrected chi connectivity index (χ1v) is 5.45. The largest absolute Gasteiger partial charge is 0.514 e. The van der Waals surface area contributed by atoms with Crippen LogP contribution in [-0.4, -0.2) is 17.2 Å². The molecule has 0 bridgehead atoms. The zero-order chi connectivity index (χ0) is 12.1. The highest BCUT2D eigenvalue weighted by Crippen LogP contribution is 2.14. The summed E-state index contributed by atoms with van der Waals surface area (Å²) in [6.45, 7) is 0.210. The minimum Gasteiger partial charge on any atom is -0.514 e. The van der Waals surface area contributed by atoms with Gasteiger partial charge < -0.3 is 14.6 Å². The third-order valence-electron chi connectivity index (χ3n) is 2.48. The quantitative estimate of drug-likeness (QED) is 0.634. The van der Waals surface area contributed by atoms with Crippen LogP contribution in [-0.2, 0) is 16.1 Å². The molecule has 3 nitrogen and oxygen atoms in total. The van der Waals surface area contributed by atoms with E-state index in [-0.39, 0.29) is 12.2 Å². The summed E-state index contributed by atoms with van der Waals surface area (Å²) in [5.74, 6) is -0.509. The van der Waals surface area contributed by atoms with E-state index < -0.39 is 12.1 Å². The van der Waals surface area contributed by atoms with E-state index in [9.17, 15) is 9.90 Å². The molecule has 1 aromatic carbocycles. The molecule has 0 amide bonds. The SMILES string of the molecule is O=C(OCc1ccccc1)C1=[C-]C=CCC1O. The molecule has 0 aromatic heterocycles. The Labute approximate surface area is 100 Å². The number of rotatable bonds is 3. The van der Waals surface area contributed by atoms with Crippen molar-refractivity contribution in [2.75, 3.05) is 0 Å². The van der Waals surface area contributed by atoms with Gasteiger partial charge in [-0.25, -0.2) is 0 Å². The highest BCUT2D eigenvalue weighted by atomic mass is 16.5. The lowest BCUT2D eigenvalue weighted by Gasteiger charge is -2.21. The van der Waals surface area contributed by atoms with Crippen molar-refractivity contribution < 1.29 is 14.6 Å². The fourth-order valence-corrected chi connectivity index (χ4v) is 1.56. The zero-order valence-electron chi connectivity index (χ0n) is 9.30. The summed E-state index contributed by atoms with van der Waals surface area (Å²) in [5, 5.41) is 9.58. The second kappa shape index (κ2) is 5.46. The maximum atomic E-state index is 11.7. The molecule has 0 fully saturated rings. The lowest BCUT2D eigenvalue weighted by atomic mass is 10.0. The predicted octanol–water partition coefficient (Wildman–Crippen LogP) is 1.78. The molecule has 0 spiro atoms. The molecule has 1 aliphatic rings. The fraction of sp³-hybridized carbons (Fsp3) is 0.214. The van der Waals surface area contributed by atoms with Crippen LogP contribution in [0.4, 0.5) is 0 Å². The lowest BCUT2D eigenvalue weighted by Crippen LogP contribution is -2.21. The number of carbonyl (C=O) groups excluding carboxylic acids is 1. The summed E-state index contributed by atoms with van der Waals surface area (Å²) in [4.78, 5) is 11.7. The molecule has 1 atom stereocenters. The number of ether oxygens (including phenoxy) is 1. The Morgan fingerprint density at radius 3 is 2.88 bits per heavy atom. The average molecular weight is 229 g/mol. The van der Waals surface area contributed by atoms with Gasteiger partial charge in [-0.2, -0.15) is 18.2 Å². The molecule has 0 radical (unpaired) electrons. The Kier molecular flexibility index (Phi) is 3.73. The van der Waals surface area contributed by atoms with E-state index in [0.717, 1.165) is 5.56 Å². The summed E-state index contributed by atoms with van der Waals surface area (Å²) in [7, 11) is 0. The number of allylic oxidation sites excluding steroid dienone is 2. The maximum Gasteiger partial charge on any atom is 0.230 e. The maximum absolute atomic E-state index is 11.7. The summed E-state index contributed by atoms with van der Waals surface area (Å²) in [5.41, 5.74) is 1.12. The summed E-state index contributed by atoms with van der Waals surface area (Å²) in [6, 6.07) is 9.42. The number of carbonyl (C=O) groups is 1. The van der Waals surface area contributed by atoms with Crippen LogP contribution < -0.4 is 0 Å². The van der Waals surface area contributed by atoms with Gasteiger partial charge >= 0.3 is 0 Å². The summed E-state index contributed by atoms with van der Waals surface area (Å²) in [6.07, 6.45) is 5.74. The van der Waals surface area contributed by atoms with Crippen LogP contribution in [0.3, 0.4) is 0 Å². The molecule has 1 aromatic rings. The van der Waals surface area contributed by atoms with Crippen molar-refractivity contribution in [3.05, 3.63) is 59.7 Å². The molecule has 88 valence electrons. The first-order chi connectivity index (χ1) is 8.27. The molecule has 0 saturated carbocycles. The number of aliphatic hydroxyl groups is 1. The zero-order valence-corrected chi connectivity index (χ0v) is 9.30. The van der Waals surface area contributed by atoms with Crippen molar-refractivity contribution in [3.8, 4) is 0 Å². The topological polar surface area (TPSA) is 46.5 Å². The highest BCUT2D eigenvalue weighted by Gasteiger charge is 2.12. The second-order valence-corrected chi connectivity index (χ2v) is 3.77. The predicted molar refractivity (Wildman–Crippen MR) is 62.8 cm³/mol. The van der Waals surface area contributed by atoms with Crippen molar-refractivity contribution >= 4 is 5.97 Å². The molecule has 0 heterocycles. The second-order valence-electron chi connectivity index (χ2n) is 3.77. The molecule has 3 heteroatoms. The molecule has 1 unspecified atom stereocenters. The summed E-state index contributed by atoms with van der Waals surface area (Å²) >= 11 is 0. The molecule has 0 aliphatic heterocycles. The third kappa shape index (κ3) is 3.04. The van der Waals surface area contributed by atoms with Crippen molar-refractivity contribution in [1.29, 1.82) is 0 Å². The van der Waals surface area contributed by atoms with Gasteiger partial charge in [0, 0.05) is 0 Å². The molecule has 17 heavy (non-hydrogen) atoms. The van der Waals surface area contributed by atoms with Crippen LogP contribution in [0.25, 0.3) is 0 Å². The number of esters is 1. The van der Waals surface area contributed by atoms with Gasteiger partial charge in [0.05, 0.1) is 6.10 Å². The Balaban J connectivity index is 1.94. The van der Waals surface area contributed by atoms with E-state index in [4.69, 9.17) is 4.74 Å². The molecule has 1 N–H and O–H groups in total. The van der Waals surface area contributed by atoms with Gasteiger partial charge in [0.1, 0.15) is 6.61 Å². The third-order valence-corrected chi connectivity index (χ3v) is 2.48. The van der Waals surface area contributed by atoms with E-state index >= 15 is 0 Å². The Morgan fingerprint density at radius 2 is 2.18 bits per heavy atom. The number of hydrogen-bond donors (Lipinski definition) is 1. The van der Waals surface area contributed by atoms with Gasteiger partial charge in [-0.15, -0.1) is 0 Å². The van der Waals surface area contributed by atoms with E-state index in [1.54, 1.807) is 12.2 Å². The van der Waals surface area contributed by atoms with E-state index in [1.165, 1.54) is 0 Å². The van der Waals surface area contributed by atoms with Crippen LogP contribution >= 0.6 is 0 Å². The first kappa shape index (κ1) is 11.6. The van der Waals surface area contributed by atoms with Crippen molar-refractivity contribution in [3.63, 3.8) is 0 Å². The minimum atomic E-state index is -0.803. The molecular weight excluding hydrogens is 216 g/mol. The van der Waals surface area contributed by atoms with Crippen molar-refractivity contribution in [2.24, 2.45) is 0 Å². The van der Waals surface area contributed by atoms with Gasteiger partial charge in [0.25, 0.3) is 0 Å². The van der Waals surface area contributed by atoms with Gasteiger partial charge in [0.15, 0.2) is 0 Å². The van der Waals surface area contributed by atoms with E-state index in [0.29, 0.717) is 6.42 Å². The monoisotopic (exact) mass is 229 g/mol.